The number of para-hydroxylation sites is 1. The summed E-state index contributed by atoms with van der Waals surface area (Å²) in [4.78, 5) is -0.549. The third kappa shape index (κ3) is 5.89. The van der Waals surface area contributed by atoms with Crippen LogP contribution in [0.2, 0.25) is 0 Å². The van der Waals surface area contributed by atoms with Crippen molar-refractivity contribution in [2.45, 2.75) is 16.7 Å². The van der Waals surface area contributed by atoms with Gasteiger partial charge in [0.15, 0.2) is 0 Å². The van der Waals surface area contributed by atoms with Gasteiger partial charge in [-0.1, -0.05) is 54.3 Å². The number of aryl methyl sites for hydroxylation is 1. The van der Waals surface area contributed by atoms with Crippen LogP contribution in [-0.2, 0) is 20.1 Å². The number of hydrogen-bond acceptors (Lipinski definition) is 7. The molecule has 0 fully saturated rings. The number of fused-ring (bicyclic) bond motifs is 1. The predicted octanol–water partition coefficient (Wildman–Crippen LogP) is 1.69. The van der Waals surface area contributed by atoms with E-state index in [-0.39, 0.29) is 56.6 Å². The van der Waals surface area contributed by atoms with E-state index in [1.54, 1.807) is 43.3 Å². The standard InChI is InChI=1S/C23H19N3O6S2.Na/c1-15-11-12-17(33(28,29)26-16-7-3-2-4-8-16)13-20(15)24-25-21-14-22(34(30,31)32)18-9-5-6-10-19(18)23(21)27;/h2-14,26-27H,1H3,(H,30,31,32);/q;+1/p-1. The first kappa shape index (κ1) is 26.8. The molecule has 2 N–H and O–H groups in total. The summed E-state index contributed by atoms with van der Waals surface area (Å²) >= 11 is 0. The molecule has 12 heteroatoms. The molecule has 0 heterocycles. The van der Waals surface area contributed by atoms with Gasteiger partial charge in [0, 0.05) is 11.1 Å². The zero-order valence-electron chi connectivity index (χ0n) is 18.7. The minimum absolute atomic E-state index is 0. The molecule has 35 heavy (non-hydrogen) atoms. The van der Waals surface area contributed by atoms with Crippen LogP contribution >= 0.6 is 0 Å². The molecule has 0 bridgehead atoms. The van der Waals surface area contributed by atoms with Crippen LogP contribution in [0.25, 0.3) is 10.8 Å². The molecule has 4 aromatic rings. The molecule has 0 radical (unpaired) electrons. The Bertz CT molecular complexity index is 1640. The topological polar surface area (TPSA) is 148 Å². The number of nitrogens with zero attached hydrogens (tertiary/aromatic N) is 2. The fraction of sp³-hybridized carbons (Fsp3) is 0.0435. The van der Waals surface area contributed by atoms with Gasteiger partial charge in [0.1, 0.15) is 4.90 Å². The van der Waals surface area contributed by atoms with Gasteiger partial charge in [-0.15, -0.1) is 0 Å². The molecule has 0 aliphatic rings. The molecule has 0 atom stereocenters. The van der Waals surface area contributed by atoms with Crippen LogP contribution in [0.3, 0.4) is 0 Å². The van der Waals surface area contributed by atoms with E-state index in [2.05, 4.69) is 15.0 Å². The Labute approximate surface area is 224 Å². The largest absolute Gasteiger partial charge is 1.00 e. The van der Waals surface area contributed by atoms with Crippen LogP contribution in [0.4, 0.5) is 17.1 Å². The summed E-state index contributed by atoms with van der Waals surface area (Å²) in [6.45, 7) is 1.68. The Morgan fingerprint density at radius 1 is 0.800 bits per heavy atom. The van der Waals surface area contributed by atoms with Crippen LogP contribution in [0.5, 0.6) is 5.75 Å². The van der Waals surface area contributed by atoms with Crippen molar-refractivity contribution in [1.29, 1.82) is 0 Å². The summed E-state index contributed by atoms with van der Waals surface area (Å²) in [6.07, 6.45) is 0. The first-order valence-corrected chi connectivity index (χ1v) is 12.8. The molecule has 0 saturated carbocycles. The SMILES string of the molecule is Cc1ccc(S(=O)(=O)Nc2ccccc2)cc1N=Nc1cc(S(=O)(=O)O)c2ccccc2c1[O-].[Na+]. The number of nitrogens with one attached hydrogen (secondary N) is 1. The zero-order valence-corrected chi connectivity index (χ0v) is 22.3. The van der Waals surface area contributed by atoms with Crippen molar-refractivity contribution in [3.8, 4) is 5.75 Å². The monoisotopic (exact) mass is 519 g/mol. The van der Waals surface area contributed by atoms with Crippen molar-refractivity contribution >= 4 is 48.0 Å². The Morgan fingerprint density at radius 3 is 2.06 bits per heavy atom. The van der Waals surface area contributed by atoms with Crippen molar-refractivity contribution in [2.24, 2.45) is 10.2 Å². The quantitative estimate of drug-likeness (QED) is 0.225. The molecule has 0 aliphatic carbocycles. The molecule has 0 aliphatic heterocycles. The first-order valence-electron chi connectivity index (χ1n) is 9.87. The fourth-order valence-electron chi connectivity index (χ4n) is 3.28. The van der Waals surface area contributed by atoms with E-state index in [0.29, 0.717) is 11.3 Å². The third-order valence-corrected chi connectivity index (χ3v) is 7.27. The maximum atomic E-state index is 12.8. The van der Waals surface area contributed by atoms with E-state index >= 15 is 0 Å². The fourth-order valence-corrected chi connectivity index (χ4v) is 5.08. The number of azo groups is 1. The molecular formula is C23H18N3NaO6S2. The Balaban J connectivity index is 0.00000342. The van der Waals surface area contributed by atoms with Gasteiger partial charge in [0.2, 0.25) is 0 Å². The minimum atomic E-state index is -4.64. The second kappa shape index (κ2) is 10.4. The van der Waals surface area contributed by atoms with Crippen LogP contribution in [0.1, 0.15) is 5.56 Å². The molecule has 0 amide bonds. The van der Waals surface area contributed by atoms with Crippen molar-refractivity contribution < 1.29 is 56.1 Å². The molecule has 0 saturated heterocycles. The molecule has 0 aromatic heterocycles. The maximum Gasteiger partial charge on any atom is 1.00 e. The summed E-state index contributed by atoms with van der Waals surface area (Å²) in [7, 11) is -8.57. The summed E-state index contributed by atoms with van der Waals surface area (Å²) in [5.74, 6) is -0.584. The summed E-state index contributed by atoms with van der Waals surface area (Å²) in [6, 6.07) is 19.4. The molecule has 0 spiro atoms. The van der Waals surface area contributed by atoms with Gasteiger partial charge < -0.3 is 5.11 Å². The maximum absolute atomic E-state index is 12.8. The number of hydrogen-bond donors (Lipinski definition) is 2. The van der Waals surface area contributed by atoms with Gasteiger partial charge in [-0.3, -0.25) is 9.27 Å². The Morgan fingerprint density at radius 2 is 1.40 bits per heavy atom. The number of rotatable bonds is 6. The van der Waals surface area contributed by atoms with Crippen LogP contribution < -0.4 is 39.4 Å². The molecule has 4 rings (SSSR count). The number of sulfonamides is 1. The summed E-state index contributed by atoms with van der Waals surface area (Å²) in [5, 5.41) is 20.8. The molecule has 4 aromatic carbocycles. The van der Waals surface area contributed by atoms with Gasteiger partial charge in [0.05, 0.1) is 16.3 Å². The normalized spacial score (nSPS) is 11.9. The van der Waals surface area contributed by atoms with E-state index in [0.717, 1.165) is 6.07 Å². The molecule has 174 valence electrons. The summed E-state index contributed by atoms with van der Waals surface area (Å²) in [5.41, 5.74) is 0.806. The van der Waals surface area contributed by atoms with E-state index in [9.17, 15) is 26.5 Å². The van der Waals surface area contributed by atoms with Crippen molar-refractivity contribution in [2.75, 3.05) is 4.72 Å². The van der Waals surface area contributed by atoms with Crippen LogP contribution in [0.15, 0.2) is 98.9 Å². The Hall–Kier alpha value is -2.80. The van der Waals surface area contributed by atoms with Crippen molar-refractivity contribution in [3.63, 3.8) is 0 Å². The number of anilines is 1. The van der Waals surface area contributed by atoms with Gasteiger partial charge in [-0.05, 0) is 48.2 Å². The average molecular weight is 520 g/mol. The second-order valence-electron chi connectivity index (χ2n) is 7.36. The van der Waals surface area contributed by atoms with Gasteiger partial charge in [-0.2, -0.15) is 18.6 Å². The third-order valence-electron chi connectivity index (χ3n) is 5.00. The number of benzene rings is 4. The Kier molecular flexibility index (Phi) is 8.00. The average Bonchev–Trinajstić information content (AvgIpc) is 2.79. The van der Waals surface area contributed by atoms with Crippen LogP contribution in [-0.4, -0.2) is 21.4 Å². The van der Waals surface area contributed by atoms with Crippen LogP contribution in [0, 0.1) is 6.92 Å². The van der Waals surface area contributed by atoms with Crippen molar-refractivity contribution in [1.82, 2.24) is 0 Å². The molecule has 0 unspecified atom stereocenters. The summed E-state index contributed by atoms with van der Waals surface area (Å²) < 4.78 is 61.3. The van der Waals surface area contributed by atoms with Gasteiger partial charge in [-0.25, -0.2) is 8.42 Å². The molecular weight excluding hydrogens is 501 g/mol. The zero-order chi connectivity index (χ0) is 24.5. The van der Waals surface area contributed by atoms with E-state index < -0.39 is 30.8 Å². The van der Waals surface area contributed by atoms with Crippen molar-refractivity contribution in [3.05, 3.63) is 84.4 Å². The smallest absolute Gasteiger partial charge is 0.871 e. The van der Waals surface area contributed by atoms with Gasteiger partial charge in [0.25, 0.3) is 20.1 Å². The van der Waals surface area contributed by atoms with E-state index in [4.69, 9.17) is 0 Å². The molecule has 9 nitrogen and oxygen atoms in total. The van der Waals surface area contributed by atoms with E-state index in [1.165, 1.54) is 36.4 Å². The van der Waals surface area contributed by atoms with E-state index in [1.807, 2.05) is 0 Å². The second-order valence-corrected chi connectivity index (χ2v) is 10.4. The predicted molar refractivity (Wildman–Crippen MR) is 126 cm³/mol. The first-order chi connectivity index (χ1) is 16.1. The minimum Gasteiger partial charge on any atom is -0.871 e. The van der Waals surface area contributed by atoms with Gasteiger partial charge >= 0.3 is 29.6 Å².